The lowest BCUT2D eigenvalue weighted by Crippen LogP contribution is -2.29. The molecule has 0 aliphatic rings. The number of hydrogen-bond acceptors (Lipinski definition) is 4. The third-order valence-electron chi connectivity index (χ3n) is 5.06. The van der Waals surface area contributed by atoms with Gasteiger partial charge in [0.2, 0.25) is 5.91 Å². The summed E-state index contributed by atoms with van der Waals surface area (Å²) in [5.41, 5.74) is 2.78. The second-order valence-electron chi connectivity index (χ2n) is 7.57. The first-order valence-corrected chi connectivity index (χ1v) is 10.7. The Bertz CT molecular complexity index is 1260. The summed E-state index contributed by atoms with van der Waals surface area (Å²) in [7, 11) is 0. The molecule has 0 saturated carbocycles. The lowest BCUT2D eigenvalue weighted by molar-refractivity contribution is -0.116. The van der Waals surface area contributed by atoms with Crippen LogP contribution in [0.15, 0.2) is 65.5 Å². The Kier molecular flexibility index (Phi) is 5.50. The van der Waals surface area contributed by atoms with Gasteiger partial charge in [-0.2, -0.15) is 0 Å². The fourth-order valence-electron chi connectivity index (χ4n) is 3.34. The van der Waals surface area contributed by atoms with Crippen LogP contribution in [-0.4, -0.2) is 15.5 Å². The maximum atomic E-state index is 13.1. The van der Waals surface area contributed by atoms with Crippen molar-refractivity contribution in [3.63, 3.8) is 0 Å². The van der Waals surface area contributed by atoms with Crippen molar-refractivity contribution in [3.05, 3.63) is 82.4 Å². The zero-order chi connectivity index (χ0) is 21.3. The number of rotatable bonds is 5. The molecule has 0 saturated heterocycles. The van der Waals surface area contributed by atoms with Crippen molar-refractivity contribution in [2.45, 2.75) is 33.2 Å². The van der Waals surface area contributed by atoms with E-state index in [1.54, 1.807) is 6.92 Å². The number of amides is 1. The molecule has 6 heteroatoms. The summed E-state index contributed by atoms with van der Waals surface area (Å²) < 4.78 is 1.43. The summed E-state index contributed by atoms with van der Waals surface area (Å²) in [6.07, 6.45) is 0. The van der Waals surface area contributed by atoms with E-state index in [9.17, 15) is 9.59 Å². The Morgan fingerprint density at radius 1 is 1.10 bits per heavy atom. The fourth-order valence-corrected chi connectivity index (χ4v) is 4.42. The lowest BCUT2D eigenvalue weighted by atomic mass is 10.0. The topological polar surface area (TPSA) is 64.0 Å². The first-order valence-electron chi connectivity index (χ1n) is 9.88. The van der Waals surface area contributed by atoms with E-state index >= 15 is 0 Å². The molecule has 0 fully saturated rings. The highest BCUT2D eigenvalue weighted by molar-refractivity contribution is 7.21. The predicted octanol–water partition coefficient (Wildman–Crippen LogP) is 5.20. The van der Waals surface area contributed by atoms with E-state index in [4.69, 9.17) is 0 Å². The minimum atomic E-state index is -0.253. The van der Waals surface area contributed by atoms with Gasteiger partial charge in [0.25, 0.3) is 5.56 Å². The van der Waals surface area contributed by atoms with Crippen LogP contribution in [0.5, 0.6) is 0 Å². The Morgan fingerprint density at radius 3 is 2.47 bits per heavy atom. The van der Waals surface area contributed by atoms with Crippen molar-refractivity contribution in [3.8, 4) is 10.4 Å². The molecule has 1 N–H and O–H groups in total. The van der Waals surface area contributed by atoms with Crippen LogP contribution in [0.4, 0.5) is 5.69 Å². The van der Waals surface area contributed by atoms with E-state index in [2.05, 4.69) is 24.1 Å². The van der Waals surface area contributed by atoms with Crippen LogP contribution in [0.3, 0.4) is 0 Å². The van der Waals surface area contributed by atoms with Gasteiger partial charge in [-0.25, -0.2) is 4.98 Å². The quantitative estimate of drug-likeness (QED) is 0.486. The van der Waals surface area contributed by atoms with Gasteiger partial charge in [0, 0.05) is 10.6 Å². The van der Waals surface area contributed by atoms with Gasteiger partial charge in [-0.1, -0.05) is 56.3 Å². The molecule has 4 aromatic rings. The molecule has 0 bridgehead atoms. The number of aryl methyl sites for hydroxylation is 1. The van der Waals surface area contributed by atoms with Gasteiger partial charge in [-0.15, -0.1) is 11.3 Å². The Morgan fingerprint density at radius 2 is 1.80 bits per heavy atom. The van der Waals surface area contributed by atoms with Gasteiger partial charge in [0.05, 0.1) is 5.39 Å². The molecule has 152 valence electrons. The average Bonchev–Trinajstić information content (AvgIpc) is 3.16. The number of anilines is 1. The standard InChI is InChI=1S/C24H23N3O2S/c1-15(2)17-9-11-19(12-10-17)26-22(28)14-27-16(3)25-23-20(24(27)29)13-21(30-23)18-7-5-4-6-8-18/h4-13,15H,14H2,1-3H3,(H,26,28). The summed E-state index contributed by atoms with van der Waals surface area (Å²) in [6.45, 7) is 5.93. The molecule has 0 aliphatic carbocycles. The fraction of sp³-hybridized carbons (Fsp3) is 0.208. The number of carbonyl (C=O) groups excluding carboxylic acids is 1. The van der Waals surface area contributed by atoms with E-state index in [1.807, 2.05) is 60.7 Å². The molecule has 0 radical (unpaired) electrons. The predicted molar refractivity (Wildman–Crippen MR) is 123 cm³/mol. The van der Waals surface area contributed by atoms with Crippen LogP contribution in [0.2, 0.25) is 0 Å². The second-order valence-corrected chi connectivity index (χ2v) is 8.60. The van der Waals surface area contributed by atoms with Crippen molar-refractivity contribution in [1.29, 1.82) is 0 Å². The van der Waals surface area contributed by atoms with Gasteiger partial charge in [0.15, 0.2) is 0 Å². The van der Waals surface area contributed by atoms with Crippen LogP contribution in [0.25, 0.3) is 20.7 Å². The number of fused-ring (bicyclic) bond motifs is 1. The highest BCUT2D eigenvalue weighted by Gasteiger charge is 2.15. The largest absolute Gasteiger partial charge is 0.325 e. The maximum Gasteiger partial charge on any atom is 0.262 e. The zero-order valence-corrected chi connectivity index (χ0v) is 18.0. The minimum Gasteiger partial charge on any atom is -0.325 e. The number of nitrogens with one attached hydrogen (secondary N) is 1. The monoisotopic (exact) mass is 417 g/mol. The van der Waals surface area contributed by atoms with Crippen molar-refractivity contribution >= 4 is 33.1 Å². The molecule has 0 atom stereocenters. The first kappa shape index (κ1) is 20.0. The van der Waals surface area contributed by atoms with E-state index < -0.39 is 0 Å². The number of aromatic nitrogens is 2. The molecule has 4 rings (SSSR count). The van der Waals surface area contributed by atoms with Crippen LogP contribution in [0.1, 0.15) is 31.2 Å². The van der Waals surface area contributed by atoms with E-state index in [0.717, 1.165) is 10.4 Å². The molecule has 2 heterocycles. The summed E-state index contributed by atoms with van der Waals surface area (Å²) in [6, 6.07) is 19.5. The number of carbonyl (C=O) groups is 1. The maximum absolute atomic E-state index is 13.1. The third-order valence-corrected chi connectivity index (χ3v) is 6.14. The smallest absolute Gasteiger partial charge is 0.262 e. The van der Waals surface area contributed by atoms with E-state index in [-0.39, 0.29) is 18.0 Å². The molecule has 0 aliphatic heterocycles. The summed E-state index contributed by atoms with van der Waals surface area (Å²) >= 11 is 1.49. The van der Waals surface area contributed by atoms with Crippen LogP contribution >= 0.6 is 11.3 Å². The molecule has 30 heavy (non-hydrogen) atoms. The SMILES string of the molecule is Cc1nc2sc(-c3ccccc3)cc2c(=O)n1CC(=O)Nc1ccc(C(C)C)cc1. The average molecular weight is 418 g/mol. The first-order chi connectivity index (χ1) is 14.4. The van der Waals surface area contributed by atoms with Gasteiger partial charge >= 0.3 is 0 Å². The third kappa shape index (κ3) is 4.04. The molecule has 0 unspecified atom stereocenters. The Labute approximate surface area is 179 Å². The summed E-state index contributed by atoms with van der Waals surface area (Å²) in [5.74, 6) is 0.705. The van der Waals surface area contributed by atoms with Gasteiger partial charge in [-0.3, -0.25) is 14.2 Å². The lowest BCUT2D eigenvalue weighted by Gasteiger charge is -2.11. The molecular formula is C24H23N3O2S. The number of hydrogen-bond donors (Lipinski definition) is 1. The number of nitrogens with zero attached hydrogens (tertiary/aromatic N) is 2. The number of benzene rings is 2. The number of thiophene rings is 1. The summed E-state index contributed by atoms with van der Waals surface area (Å²) in [5, 5.41) is 3.41. The Balaban J connectivity index is 1.59. The minimum absolute atomic E-state index is 0.0734. The summed E-state index contributed by atoms with van der Waals surface area (Å²) in [4.78, 5) is 31.9. The van der Waals surface area contributed by atoms with Gasteiger partial charge in [-0.05, 0) is 42.2 Å². The zero-order valence-electron chi connectivity index (χ0n) is 17.2. The van der Waals surface area contributed by atoms with Crippen LogP contribution in [0, 0.1) is 6.92 Å². The molecule has 0 spiro atoms. The normalized spacial score (nSPS) is 11.2. The van der Waals surface area contributed by atoms with Crippen molar-refractivity contribution in [2.24, 2.45) is 0 Å². The highest BCUT2D eigenvalue weighted by Crippen LogP contribution is 2.30. The van der Waals surface area contributed by atoms with E-state index in [1.165, 1.54) is 21.5 Å². The van der Waals surface area contributed by atoms with Gasteiger partial charge in [0.1, 0.15) is 17.2 Å². The molecule has 1 amide bonds. The highest BCUT2D eigenvalue weighted by atomic mass is 32.1. The van der Waals surface area contributed by atoms with Crippen molar-refractivity contribution in [2.75, 3.05) is 5.32 Å². The van der Waals surface area contributed by atoms with Crippen LogP contribution < -0.4 is 10.9 Å². The second kappa shape index (κ2) is 8.24. The van der Waals surface area contributed by atoms with E-state index in [0.29, 0.717) is 27.6 Å². The van der Waals surface area contributed by atoms with Crippen LogP contribution in [-0.2, 0) is 11.3 Å². The van der Waals surface area contributed by atoms with Crippen molar-refractivity contribution in [1.82, 2.24) is 9.55 Å². The molecule has 2 aromatic heterocycles. The van der Waals surface area contributed by atoms with Gasteiger partial charge < -0.3 is 5.32 Å². The Hall–Kier alpha value is -3.25. The molecular weight excluding hydrogens is 394 g/mol. The molecule has 5 nitrogen and oxygen atoms in total. The van der Waals surface area contributed by atoms with Crippen molar-refractivity contribution < 1.29 is 4.79 Å². The molecule has 2 aromatic carbocycles.